The van der Waals surface area contributed by atoms with E-state index in [0.29, 0.717) is 26.3 Å². The Morgan fingerprint density at radius 3 is 0.578 bits per heavy atom. The number of alkyl carbamates (subject to hydrolysis) is 2. The third-order valence-corrected chi connectivity index (χ3v) is 13.6. The van der Waals surface area contributed by atoms with Crippen LogP contribution >= 0.6 is 0 Å². The first-order chi connectivity index (χ1) is 31.7. The maximum atomic E-state index is 12.0. The van der Waals surface area contributed by atoms with Gasteiger partial charge in [-0.15, -0.1) is 0 Å². The Hall–Kier alpha value is -1.46. The Morgan fingerprint density at radius 2 is 0.391 bits per heavy atom. The van der Waals surface area contributed by atoms with Gasteiger partial charge >= 0.3 is 12.2 Å². The second kappa shape index (κ2) is 57.7. The summed E-state index contributed by atoms with van der Waals surface area (Å²) >= 11 is 0. The molecule has 0 bridgehead atoms. The molecule has 0 saturated carbocycles. The van der Waals surface area contributed by atoms with Gasteiger partial charge in [-0.25, -0.2) is 9.59 Å². The molecule has 6 nitrogen and oxygen atoms in total. The van der Waals surface area contributed by atoms with Crippen LogP contribution in [0.3, 0.4) is 0 Å². The Balaban J connectivity index is 3.22. The fraction of sp³-hybridized carbons (Fsp3) is 0.966. The summed E-state index contributed by atoms with van der Waals surface area (Å²) in [6.07, 6.45) is 67.0. The van der Waals surface area contributed by atoms with Gasteiger partial charge in [0.05, 0.1) is 13.2 Å². The number of carbonyl (C=O) groups excluding carboxylic acids is 2. The molecule has 64 heavy (non-hydrogen) atoms. The second-order valence-corrected chi connectivity index (χ2v) is 20.1. The number of nitrogens with one attached hydrogen (secondary N) is 2. The highest BCUT2D eigenvalue weighted by Crippen LogP contribution is 2.18. The molecule has 0 heterocycles. The summed E-state index contributed by atoms with van der Waals surface area (Å²) in [4.78, 5) is 24.0. The first-order valence-electron chi connectivity index (χ1n) is 29.5. The lowest BCUT2D eigenvalue weighted by Gasteiger charge is -2.08. The summed E-state index contributed by atoms with van der Waals surface area (Å²) in [5.41, 5.74) is 0. The van der Waals surface area contributed by atoms with Crippen LogP contribution in [0.1, 0.15) is 335 Å². The standard InChI is InChI=1S/C58H116N2O4/c1-3-5-7-9-11-13-15-17-19-21-23-25-27-29-31-33-35-37-39-41-43-47-51-55-63-57(61)59-53-49-45-46-50-54-60-58(62)64-56-52-48-44-42-40-38-36-34-32-30-28-26-24-22-20-18-16-14-12-10-8-6-4-2/h3-56H2,1-2H3,(H,59,61)(H,60,62). The maximum Gasteiger partial charge on any atom is 0.407 e. The van der Waals surface area contributed by atoms with Gasteiger partial charge in [0.1, 0.15) is 0 Å². The SMILES string of the molecule is CCCCCCCCCCCCCCCCCCCCCCCCCOC(=O)NCCCCCCNC(=O)OCCCCCCCCCCCCCCCCCCCCCCCCC. The molecule has 382 valence electrons. The quantitative estimate of drug-likeness (QED) is 0.0596. The minimum Gasteiger partial charge on any atom is -0.450 e. The van der Waals surface area contributed by atoms with Crippen LogP contribution in [-0.4, -0.2) is 38.5 Å². The molecule has 0 radical (unpaired) electrons. The highest BCUT2D eigenvalue weighted by Gasteiger charge is 2.04. The van der Waals surface area contributed by atoms with Gasteiger partial charge in [0.2, 0.25) is 0 Å². The van der Waals surface area contributed by atoms with Crippen molar-refractivity contribution in [2.75, 3.05) is 26.3 Å². The fourth-order valence-corrected chi connectivity index (χ4v) is 9.19. The van der Waals surface area contributed by atoms with Gasteiger partial charge in [-0.3, -0.25) is 0 Å². The molecular weight excluding hydrogens is 789 g/mol. The molecule has 0 saturated heterocycles. The number of unbranched alkanes of at least 4 members (excludes halogenated alkanes) is 47. The van der Waals surface area contributed by atoms with Gasteiger partial charge < -0.3 is 20.1 Å². The fourth-order valence-electron chi connectivity index (χ4n) is 9.19. The number of hydrogen-bond acceptors (Lipinski definition) is 4. The summed E-state index contributed by atoms with van der Waals surface area (Å²) in [6.45, 7) is 6.93. The monoisotopic (exact) mass is 905 g/mol. The molecule has 0 aromatic heterocycles. The van der Waals surface area contributed by atoms with Crippen molar-refractivity contribution in [1.29, 1.82) is 0 Å². The highest BCUT2D eigenvalue weighted by atomic mass is 16.6. The average Bonchev–Trinajstić information content (AvgIpc) is 3.30. The molecule has 0 aromatic carbocycles. The van der Waals surface area contributed by atoms with Crippen LogP contribution in [0.4, 0.5) is 9.59 Å². The smallest absolute Gasteiger partial charge is 0.407 e. The van der Waals surface area contributed by atoms with E-state index in [9.17, 15) is 9.59 Å². The normalized spacial score (nSPS) is 11.3. The lowest BCUT2D eigenvalue weighted by Crippen LogP contribution is -2.26. The first-order valence-corrected chi connectivity index (χ1v) is 29.5. The molecule has 2 N–H and O–H groups in total. The predicted molar refractivity (Wildman–Crippen MR) is 281 cm³/mol. The van der Waals surface area contributed by atoms with Gasteiger partial charge in [0.25, 0.3) is 0 Å². The number of ether oxygens (including phenoxy) is 2. The van der Waals surface area contributed by atoms with E-state index in [4.69, 9.17) is 9.47 Å². The van der Waals surface area contributed by atoms with E-state index < -0.39 is 0 Å². The van der Waals surface area contributed by atoms with Gasteiger partial charge in [-0.1, -0.05) is 309 Å². The van der Waals surface area contributed by atoms with E-state index in [-0.39, 0.29) is 12.2 Å². The van der Waals surface area contributed by atoms with E-state index in [2.05, 4.69) is 24.5 Å². The molecule has 0 aliphatic rings. The third kappa shape index (κ3) is 56.7. The summed E-state index contributed by atoms with van der Waals surface area (Å²) in [5, 5.41) is 5.76. The maximum absolute atomic E-state index is 12.0. The van der Waals surface area contributed by atoms with Gasteiger partial charge in [0, 0.05) is 13.1 Å². The molecule has 0 aliphatic heterocycles. The van der Waals surface area contributed by atoms with Crippen LogP contribution in [0.25, 0.3) is 0 Å². The van der Waals surface area contributed by atoms with Crippen molar-refractivity contribution in [1.82, 2.24) is 10.6 Å². The molecular formula is C58H116N2O4. The topological polar surface area (TPSA) is 76.7 Å². The molecule has 0 rings (SSSR count). The lowest BCUT2D eigenvalue weighted by molar-refractivity contribution is 0.142. The zero-order valence-corrected chi connectivity index (χ0v) is 43.8. The van der Waals surface area contributed by atoms with Crippen molar-refractivity contribution in [2.24, 2.45) is 0 Å². The van der Waals surface area contributed by atoms with Crippen LogP contribution < -0.4 is 10.6 Å². The third-order valence-electron chi connectivity index (χ3n) is 13.6. The molecule has 2 amide bonds. The van der Waals surface area contributed by atoms with E-state index >= 15 is 0 Å². The summed E-state index contributed by atoms with van der Waals surface area (Å²) in [5.74, 6) is 0. The zero-order chi connectivity index (χ0) is 46.2. The highest BCUT2D eigenvalue weighted by molar-refractivity contribution is 5.67. The van der Waals surface area contributed by atoms with Crippen molar-refractivity contribution >= 4 is 12.2 Å². The number of rotatable bonds is 55. The molecule has 0 fully saturated rings. The predicted octanol–water partition coefficient (Wildman–Crippen LogP) is 20.0. The second-order valence-electron chi connectivity index (χ2n) is 20.1. The van der Waals surface area contributed by atoms with Crippen LogP contribution in [-0.2, 0) is 9.47 Å². The zero-order valence-electron chi connectivity index (χ0n) is 43.8. The number of amides is 2. The van der Waals surface area contributed by atoms with Crippen LogP contribution in [0.5, 0.6) is 0 Å². The van der Waals surface area contributed by atoms with Crippen LogP contribution in [0.2, 0.25) is 0 Å². The summed E-state index contributed by atoms with van der Waals surface area (Å²) in [7, 11) is 0. The van der Waals surface area contributed by atoms with Crippen molar-refractivity contribution in [3.05, 3.63) is 0 Å². The molecule has 0 aromatic rings. The number of hydrogen-bond donors (Lipinski definition) is 2. The lowest BCUT2D eigenvalue weighted by atomic mass is 10.0. The summed E-state index contributed by atoms with van der Waals surface area (Å²) < 4.78 is 10.7. The molecule has 0 spiro atoms. The van der Waals surface area contributed by atoms with Crippen LogP contribution in [0, 0.1) is 0 Å². The molecule has 0 unspecified atom stereocenters. The summed E-state index contributed by atoms with van der Waals surface area (Å²) in [6, 6.07) is 0. The minimum atomic E-state index is -0.288. The van der Waals surface area contributed by atoms with E-state index in [1.54, 1.807) is 0 Å². The van der Waals surface area contributed by atoms with E-state index in [1.165, 1.54) is 270 Å². The molecule has 0 atom stereocenters. The molecule has 6 heteroatoms. The minimum absolute atomic E-state index is 0.288. The van der Waals surface area contributed by atoms with E-state index in [0.717, 1.165) is 51.4 Å². The first kappa shape index (κ1) is 62.5. The largest absolute Gasteiger partial charge is 0.450 e. The Kier molecular flexibility index (Phi) is 56.4. The van der Waals surface area contributed by atoms with Crippen molar-refractivity contribution in [2.45, 2.75) is 335 Å². The molecule has 0 aliphatic carbocycles. The van der Waals surface area contributed by atoms with Crippen LogP contribution in [0.15, 0.2) is 0 Å². The van der Waals surface area contributed by atoms with Gasteiger partial charge in [-0.05, 0) is 25.7 Å². The van der Waals surface area contributed by atoms with Gasteiger partial charge in [-0.2, -0.15) is 0 Å². The van der Waals surface area contributed by atoms with Crippen molar-refractivity contribution < 1.29 is 19.1 Å². The van der Waals surface area contributed by atoms with Crippen molar-refractivity contribution in [3.8, 4) is 0 Å². The Labute approximate surface area is 401 Å². The Morgan fingerprint density at radius 1 is 0.234 bits per heavy atom. The number of carbonyl (C=O) groups is 2. The van der Waals surface area contributed by atoms with E-state index in [1.807, 2.05) is 0 Å². The average molecular weight is 906 g/mol. The van der Waals surface area contributed by atoms with Crippen molar-refractivity contribution in [3.63, 3.8) is 0 Å². The van der Waals surface area contributed by atoms with Gasteiger partial charge in [0.15, 0.2) is 0 Å². The Bertz CT molecular complexity index is 814.